The molecule has 3 amide bonds. The third-order valence-corrected chi connectivity index (χ3v) is 5.45. The lowest BCUT2D eigenvalue weighted by Gasteiger charge is -2.24. The van der Waals surface area contributed by atoms with Crippen molar-refractivity contribution in [2.75, 3.05) is 26.0 Å². The predicted octanol–water partition coefficient (Wildman–Crippen LogP) is 5.26. The molecule has 3 aromatic carbocycles. The summed E-state index contributed by atoms with van der Waals surface area (Å²) in [4.78, 5) is 33.4. The number of nitrogens with one attached hydrogen (secondary N) is 1. The van der Waals surface area contributed by atoms with E-state index in [1.807, 2.05) is 49.3 Å². The fourth-order valence-corrected chi connectivity index (χ4v) is 3.44. The van der Waals surface area contributed by atoms with Gasteiger partial charge in [-0.2, -0.15) is 13.2 Å². The second kappa shape index (κ2) is 12.1. The highest BCUT2D eigenvalue weighted by Crippen LogP contribution is 2.31. The Morgan fingerprint density at radius 1 is 0.892 bits per heavy atom. The van der Waals surface area contributed by atoms with Crippen LogP contribution in [0.3, 0.4) is 0 Å². The second-order valence-corrected chi connectivity index (χ2v) is 8.55. The van der Waals surface area contributed by atoms with Crippen LogP contribution in [0.15, 0.2) is 83.9 Å². The van der Waals surface area contributed by atoms with Crippen molar-refractivity contribution in [2.45, 2.75) is 19.3 Å². The van der Waals surface area contributed by atoms with Crippen LogP contribution in [0.25, 0.3) is 0 Å². The SMILES string of the molecule is CN(Cc1ccc(N(C)C)cc1)C(=Nc1cccc(C(F)(F)F)c1)NC(=O)N(C=O)Cc1ccccc1. The summed E-state index contributed by atoms with van der Waals surface area (Å²) in [5.74, 6) is -0.0130. The summed E-state index contributed by atoms with van der Waals surface area (Å²) in [5.41, 5.74) is 1.76. The van der Waals surface area contributed by atoms with Gasteiger partial charge in [0.05, 0.1) is 17.8 Å². The van der Waals surface area contributed by atoms with Gasteiger partial charge in [-0.05, 0) is 41.5 Å². The van der Waals surface area contributed by atoms with Gasteiger partial charge in [0.25, 0.3) is 0 Å². The monoisotopic (exact) mass is 511 g/mol. The van der Waals surface area contributed by atoms with Crippen molar-refractivity contribution in [3.8, 4) is 0 Å². The van der Waals surface area contributed by atoms with Gasteiger partial charge < -0.3 is 9.80 Å². The van der Waals surface area contributed by atoms with Crippen molar-refractivity contribution in [1.82, 2.24) is 15.1 Å². The fraction of sp³-hybridized carbons (Fsp3) is 0.222. The third kappa shape index (κ3) is 7.83. The number of carbonyl (C=O) groups is 2. The third-order valence-electron chi connectivity index (χ3n) is 5.45. The predicted molar refractivity (Wildman–Crippen MR) is 137 cm³/mol. The van der Waals surface area contributed by atoms with Crippen LogP contribution < -0.4 is 10.2 Å². The number of amides is 3. The molecule has 0 saturated heterocycles. The van der Waals surface area contributed by atoms with Crippen LogP contribution in [0.4, 0.5) is 29.3 Å². The summed E-state index contributed by atoms with van der Waals surface area (Å²) in [6.07, 6.45) is -4.15. The standard InChI is InChI=1S/C27H28F3N5O2/c1-33(2)24-14-12-21(13-15-24)17-34(3)25(31-23-11-7-10-22(16-23)27(28,29)30)32-26(37)35(19-36)18-20-8-5-4-6-9-20/h4-16,19H,17-18H2,1-3H3,(H,31,32,37). The van der Waals surface area contributed by atoms with Crippen LogP contribution in [0.1, 0.15) is 16.7 Å². The number of hydrogen-bond donors (Lipinski definition) is 1. The van der Waals surface area contributed by atoms with Crippen LogP contribution in [-0.4, -0.2) is 49.3 Å². The van der Waals surface area contributed by atoms with Crippen molar-refractivity contribution in [2.24, 2.45) is 4.99 Å². The second-order valence-electron chi connectivity index (χ2n) is 8.55. The van der Waals surface area contributed by atoms with E-state index in [9.17, 15) is 22.8 Å². The van der Waals surface area contributed by atoms with Crippen molar-refractivity contribution < 1.29 is 22.8 Å². The Kier molecular flexibility index (Phi) is 8.89. The van der Waals surface area contributed by atoms with E-state index < -0.39 is 17.8 Å². The highest BCUT2D eigenvalue weighted by atomic mass is 19.4. The molecule has 0 aliphatic rings. The van der Waals surface area contributed by atoms with E-state index in [1.54, 1.807) is 36.2 Å². The molecule has 0 radical (unpaired) electrons. The molecule has 1 N–H and O–H groups in total. The normalized spacial score (nSPS) is 11.6. The van der Waals surface area contributed by atoms with Gasteiger partial charge in [0.2, 0.25) is 12.4 Å². The molecule has 0 atom stereocenters. The molecule has 0 saturated carbocycles. The summed E-state index contributed by atoms with van der Waals surface area (Å²) < 4.78 is 39.7. The fourth-order valence-electron chi connectivity index (χ4n) is 3.44. The number of benzene rings is 3. The van der Waals surface area contributed by atoms with Gasteiger partial charge in [0.15, 0.2) is 0 Å². The lowest BCUT2D eigenvalue weighted by atomic mass is 10.2. The first kappa shape index (κ1) is 27.3. The average molecular weight is 512 g/mol. The van der Waals surface area contributed by atoms with Crippen molar-refractivity contribution >= 4 is 29.8 Å². The van der Waals surface area contributed by atoms with Gasteiger partial charge in [-0.1, -0.05) is 48.5 Å². The number of aliphatic imine (C=N–C) groups is 1. The van der Waals surface area contributed by atoms with Crippen molar-refractivity contribution in [3.63, 3.8) is 0 Å². The first-order chi connectivity index (χ1) is 17.6. The van der Waals surface area contributed by atoms with Gasteiger partial charge in [-0.25, -0.2) is 9.79 Å². The number of hydrogen-bond acceptors (Lipinski definition) is 4. The Balaban J connectivity index is 1.89. The highest BCUT2D eigenvalue weighted by Gasteiger charge is 2.30. The summed E-state index contributed by atoms with van der Waals surface area (Å²) in [5, 5.41) is 2.59. The number of nitrogens with zero attached hydrogens (tertiary/aromatic N) is 4. The van der Waals surface area contributed by atoms with Crippen LogP contribution in [0.2, 0.25) is 0 Å². The Hall–Kier alpha value is -4.34. The molecule has 0 spiro atoms. The van der Waals surface area contributed by atoms with Crippen molar-refractivity contribution in [1.29, 1.82) is 0 Å². The van der Waals surface area contributed by atoms with E-state index in [1.165, 1.54) is 12.1 Å². The first-order valence-corrected chi connectivity index (χ1v) is 11.4. The molecule has 3 rings (SSSR count). The topological polar surface area (TPSA) is 68.2 Å². The molecule has 0 heterocycles. The zero-order chi connectivity index (χ0) is 27.0. The van der Waals surface area contributed by atoms with E-state index in [0.717, 1.165) is 33.8 Å². The maximum atomic E-state index is 13.2. The van der Waals surface area contributed by atoms with E-state index in [4.69, 9.17) is 0 Å². The number of halogens is 3. The Morgan fingerprint density at radius 2 is 1.54 bits per heavy atom. The molecular formula is C27H28F3N5O2. The van der Waals surface area contributed by atoms with E-state index in [0.29, 0.717) is 13.0 Å². The van der Waals surface area contributed by atoms with Gasteiger partial charge in [0, 0.05) is 33.4 Å². The minimum atomic E-state index is -4.54. The van der Waals surface area contributed by atoms with Crippen molar-refractivity contribution in [3.05, 3.63) is 95.6 Å². The number of alkyl halides is 3. The Morgan fingerprint density at radius 3 is 2.14 bits per heavy atom. The molecular weight excluding hydrogens is 483 g/mol. The van der Waals surface area contributed by atoms with Crippen LogP contribution >= 0.6 is 0 Å². The summed E-state index contributed by atoms with van der Waals surface area (Å²) in [6, 6.07) is 20.3. The smallest absolute Gasteiger partial charge is 0.378 e. The molecule has 0 aliphatic heterocycles. The zero-order valence-corrected chi connectivity index (χ0v) is 20.7. The molecule has 3 aromatic rings. The van der Waals surface area contributed by atoms with Gasteiger partial charge in [-0.15, -0.1) is 0 Å². The van der Waals surface area contributed by atoms with Gasteiger partial charge in [-0.3, -0.25) is 15.0 Å². The molecule has 0 aromatic heterocycles. The minimum Gasteiger partial charge on any atom is -0.378 e. The molecule has 0 bridgehead atoms. The molecule has 10 heteroatoms. The number of imide groups is 1. The van der Waals surface area contributed by atoms with Crippen LogP contribution in [-0.2, 0) is 24.1 Å². The molecule has 7 nitrogen and oxygen atoms in total. The van der Waals surface area contributed by atoms with Crippen LogP contribution in [0.5, 0.6) is 0 Å². The molecule has 0 unspecified atom stereocenters. The molecule has 37 heavy (non-hydrogen) atoms. The lowest BCUT2D eigenvalue weighted by Crippen LogP contribution is -2.47. The summed E-state index contributed by atoms with van der Waals surface area (Å²) >= 11 is 0. The van der Waals surface area contributed by atoms with Gasteiger partial charge in [0.1, 0.15) is 0 Å². The number of rotatable bonds is 7. The Bertz CT molecular complexity index is 1230. The number of urea groups is 1. The minimum absolute atomic E-state index is 0.000596. The van der Waals surface area contributed by atoms with E-state index in [2.05, 4.69) is 10.3 Å². The molecule has 0 aliphatic carbocycles. The number of carbonyl (C=O) groups excluding carboxylic acids is 2. The summed E-state index contributed by atoms with van der Waals surface area (Å²) in [6.45, 7) is 0.314. The first-order valence-electron chi connectivity index (χ1n) is 11.4. The summed E-state index contributed by atoms with van der Waals surface area (Å²) in [7, 11) is 5.49. The molecule has 0 fully saturated rings. The molecule has 194 valence electrons. The maximum absolute atomic E-state index is 13.2. The lowest BCUT2D eigenvalue weighted by molar-refractivity contribution is -0.137. The largest absolute Gasteiger partial charge is 0.416 e. The number of guanidine groups is 1. The van der Waals surface area contributed by atoms with Gasteiger partial charge >= 0.3 is 12.2 Å². The average Bonchev–Trinajstić information content (AvgIpc) is 2.87. The van der Waals surface area contributed by atoms with E-state index >= 15 is 0 Å². The number of anilines is 1. The quantitative estimate of drug-likeness (QED) is 0.267. The zero-order valence-electron chi connectivity index (χ0n) is 20.7. The van der Waals surface area contributed by atoms with Crippen LogP contribution in [0, 0.1) is 0 Å². The highest BCUT2D eigenvalue weighted by molar-refractivity contribution is 6.00. The maximum Gasteiger partial charge on any atom is 0.416 e. The van der Waals surface area contributed by atoms with E-state index in [-0.39, 0.29) is 18.2 Å². The Labute approximate surface area is 213 Å².